The van der Waals surface area contributed by atoms with E-state index in [1.165, 1.54) is 0 Å². The number of hydrogen-bond donors (Lipinski definition) is 2. The Bertz CT molecular complexity index is 491. The van der Waals surface area contributed by atoms with Crippen molar-refractivity contribution in [1.29, 1.82) is 0 Å². The highest BCUT2D eigenvalue weighted by molar-refractivity contribution is 5.92. The molecular formula is C13H18N2O4. The average Bonchev–Trinajstić information content (AvgIpc) is 3.09. The standard InChI is InChI=1S/C13H18N2O4/c1-7(5-10(16)17)6-14-12(18)11-8(2)15-13(19-11)9-3-4-9/h7,9H,3-6H2,1-2H3,(H,14,18)(H,16,17). The Hall–Kier alpha value is -1.85. The topological polar surface area (TPSA) is 92.4 Å². The molecule has 0 aliphatic heterocycles. The first-order chi connectivity index (χ1) is 8.97. The van der Waals surface area contributed by atoms with Gasteiger partial charge in [0, 0.05) is 18.9 Å². The molecule has 1 fully saturated rings. The van der Waals surface area contributed by atoms with E-state index in [-0.39, 0.29) is 24.0 Å². The lowest BCUT2D eigenvalue weighted by Gasteiger charge is -2.09. The Morgan fingerprint density at radius 2 is 2.21 bits per heavy atom. The molecule has 1 aromatic rings. The predicted octanol–water partition coefficient (Wildman–Crippen LogP) is 1.70. The highest BCUT2D eigenvalue weighted by Crippen LogP contribution is 2.39. The van der Waals surface area contributed by atoms with Crippen molar-refractivity contribution in [3.8, 4) is 0 Å². The SMILES string of the molecule is Cc1nc(C2CC2)oc1C(=O)NCC(C)CC(=O)O. The number of carbonyl (C=O) groups excluding carboxylic acids is 1. The average molecular weight is 266 g/mol. The van der Waals surface area contributed by atoms with Crippen LogP contribution in [-0.4, -0.2) is 28.5 Å². The highest BCUT2D eigenvalue weighted by atomic mass is 16.4. The molecular weight excluding hydrogens is 248 g/mol. The summed E-state index contributed by atoms with van der Waals surface area (Å²) in [6.45, 7) is 3.83. The van der Waals surface area contributed by atoms with E-state index in [0.29, 0.717) is 24.0 Å². The fourth-order valence-electron chi connectivity index (χ4n) is 1.85. The van der Waals surface area contributed by atoms with Gasteiger partial charge in [0.25, 0.3) is 5.91 Å². The minimum atomic E-state index is -0.867. The van der Waals surface area contributed by atoms with E-state index in [2.05, 4.69) is 10.3 Å². The number of carboxylic acid groups (broad SMARTS) is 1. The molecule has 1 unspecified atom stereocenters. The van der Waals surface area contributed by atoms with Crippen LogP contribution in [-0.2, 0) is 4.79 Å². The summed E-state index contributed by atoms with van der Waals surface area (Å²) < 4.78 is 5.47. The van der Waals surface area contributed by atoms with E-state index in [1.54, 1.807) is 13.8 Å². The van der Waals surface area contributed by atoms with Crippen molar-refractivity contribution < 1.29 is 19.1 Å². The maximum Gasteiger partial charge on any atom is 0.303 e. The van der Waals surface area contributed by atoms with Crippen molar-refractivity contribution in [2.75, 3.05) is 6.54 Å². The van der Waals surface area contributed by atoms with Gasteiger partial charge >= 0.3 is 5.97 Å². The van der Waals surface area contributed by atoms with Crippen molar-refractivity contribution in [3.05, 3.63) is 17.3 Å². The number of hydrogen-bond acceptors (Lipinski definition) is 4. The lowest BCUT2D eigenvalue weighted by atomic mass is 10.1. The maximum absolute atomic E-state index is 11.9. The van der Waals surface area contributed by atoms with Gasteiger partial charge in [0.15, 0.2) is 5.89 Å². The number of nitrogens with one attached hydrogen (secondary N) is 1. The van der Waals surface area contributed by atoms with Gasteiger partial charge in [0.2, 0.25) is 5.76 Å². The van der Waals surface area contributed by atoms with Gasteiger partial charge < -0.3 is 14.8 Å². The summed E-state index contributed by atoms with van der Waals surface area (Å²) in [7, 11) is 0. The van der Waals surface area contributed by atoms with Gasteiger partial charge in [-0.2, -0.15) is 0 Å². The summed E-state index contributed by atoms with van der Waals surface area (Å²) in [5.41, 5.74) is 0.588. The molecule has 1 aliphatic rings. The summed E-state index contributed by atoms with van der Waals surface area (Å²) in [5.74, 6) is -0.0628. The van der Waals surface area contributed by atoms with Crippen LogP contribution in [0.3, 0.4) is 0 Å². The van der Waals surface area contributed by atoms with E-state index in [0.717, 1.165) is 12.8 Å². The third-order valence-corrected chi connectivity index (χ3v) is 3.08. The number of nitrogens with zero attached hydrogens (tertiary/aromatic N) is 1. The van der Waals surface area contributed by atoms with Crippen LogP contribution in [0.2, 0.25) is 0 Å². The number of rotatable bonds is 6. The van der Waals surface area contributed by atoms with Crippen LogP contribution in [0.1, 0.15) is 54.2 Å². The molecule has 1 atom stereocenters. The van der Waals surface area contributed by atoms with E-state index in [1.807, 2.05) is 0 Å². The molecule has 6 heteroatoms. The zero-order valence-electron chi connectivity index (χ0n) is 11.1. The Morgan fingerprint density at radius 1 is 1.53 bits per heavy atom. The maximum atomic E-state index is 11.9. The monoisotopic (exact) mass is 266 g/mol. The number of amides is 1. The fourth-order valence-corrected chi connectivity index (χ4v) is 1.85. The van der Waals surface area contributed by atoms with E-state index < -0.39 is 5.97 Å². The Morgan fingerprint density at radius 3 is 2.79 bits per heavy atom. The molecule has 1 heterocycles. The number of carbonyl (C=O) groups is 2. The van der Waals surface area contributed by atoms with Gasteiger partial charge in [0.05, 0.1) is 5.69 Å². The summed E-state index contributed by atoms with van der Waals surface area (Å²) in [6, 6.07) is 0. The van der Waals surface area contributed by atoms with Crippen LogP contribution in [0.4, 0.5) is 0 Å². The minimum Gasteiger partial charge on any atom is -0.481 e. The van der Waals surface area contributed by atoms with E-state index >= 15 is 0 Å². The largest absolute Gasteiger partial charge is 0.481 e. The summed E-state index contributed by atoms with van der Waals surface area (Å²) in [5, 5.41) is 11.3. The highest BCUT2D eigenvalue weighted by Gasteiger charge is 2.30. The van der Waals surface area contributed by atoms with Crippen molar-refractivity contribution in [2.45, 2.75) is 39.0 Å². The fraction of sp³-hybridized carbons (Fsp3) is 0.615. The van der Waals surface area contributed by atoms with Gasteiger partial charge in [0.1, 0.15) is 0 Å². The second kappa shape index (κ2) is 5.42. The van der Waals surface area contributed by atoms with Crippen LogP contribution < -0.4 is 5.32 Å². The molecule has 104 valence electrons. The molecule has 0 saturated heterocycles. The Labute approximate surface area is 111 Å². The predicted molar refractivity (Wildman–Crippen MR) is 67.0 cm³/mol. The minimum absolute atomic E-state index is 0.0307. The van der Waals surface area contributed by atoms with Crippen LogP contribution >= 0.6 is 0 Å². The molecule has 1 amide bonds. The molecule has 2 N–H and O–H groups in total. The van der Waals surface area contributed by atoms with Crippen molar-refractivity contribution in [2.24, 2.45) is 5.92 Å². The zero-order chi connectivity index (χ0) is 14.0. The summed E-state index contributed by atoms with van der Waals surface area (Å²) >= 11 is 0. The summed E-state index contributed by atoms with van der Waals surface area (Å²) in [4.78, 5) is 26.7. The number of aryl methyl sites for hydroxylation is 1. The molecule has 0 radical (unpaired) electrons. The van der Waals surface area contributed by atoms with Gasteiger partial charge in [-0.3, -0.25) is 9.59 Å². The normalized spacial score (nSPS) is 16.1. The van der Waals surface area contributed by atoms with Crippen LogP contribution in [0.15, 0.2) is 4.42 Å². The molecule has 1 aliphatic carbocycles. The van der Waals surface area contributed by atoms with Crippen LogP contribution in [0, 0.1) is 12.8 Å². The first kappa shape index (κ1) is 13.6. The molecule has 0 spiro atoms. The second-order valence-electron chi connectivity index (χ2n) is 5.15. The Balaban J connectivity index is 1.90. The van der Waals surface area contributed by atoms with Crippen molar-refractivity contribution in [1.82, 2.24) is 10.3 Å². The van der Waals surface area contributed by atoms with Gasteiger partial charge in [-0.05, 0) is 25.7 Å². The zero-order valence-corrected chi connectivity index (χ0v) is 11.1. The van der Waals surface area contributed by atoms with Crippen LogP contribution in [0.25, 0.3) is 0 Å². The Kier molecular flexibility index (Phi) is 3.87. The van der Waals surface area contributed by atoms with E-state index in [9.17, 15) is 9.59 Å². The third-order valence-electron chi connectivity index (χ3n) is 3.08. The first-order valence-electron chi connectivity index (χ1n) is 6.44. The van der Waals surface area contributed by atoms with Gasteiger partial charge in [-0.15, -0.1) is 0 Å². The van der Waals surface area contributed by atoms with Crippen molar-refractivity contribution >= 4 is 11.9 Å². The third kappa shape index (κ3) is 3.56. The van der Waals surface area contributed by atoms with E-state index in [4.69, 9.17) is 9.52 Å². The summed E-state index contributed by atoms with van der Waals surface area (Å²) in [6.07, 6.45) is 2.16. The molecule has 1 aromatic heterocycles. The second-order valence-corrected chi connectivity index (χ2v) is 5.15. The molecule has 19 heavy (non-hydrogen) atoms. The molecule has 0 aromatic carbocycles. The number of aliphatic carboxylic acids is 1. The molecule has 1 saturated carbocycles. The lowest BCUT2D eigenvalue weighted by Crippen LogP contribution is -2.29. The first-order valence-corrected chi connectivity index (χ1v) is 6.44. The number of aromatic nitrogens is 1. The lowest BCUT2D eigenvalue weighted by molar-refractivity contribution is -0.137. The van der Waals surface area contributed by atoms with Crippen molar-refractivity contribution in [3.63, 3.8) is 0 Å². The quantitative estimate of drug-likeness (QED) is 0.817. The molecule has 0 bridgehead atoms. The number of oxazole rings is 1. The van der Waals surface area contributed by atoms with Gasteiger partial charge in [-0.25, -0.2) is 4.98 Å². The van der Waals surface area contributed by atoms with Gasteiger partial charge in [-0.1, -0.05) is 6.92 Å². The molecule has 6 nitrogen and oxygen atoms in total. The molecule has 2 rings (SSSR count). The smallest absolute Gasteiger partial charge is 0.303 e. The van der Waals surface area contributed by atoms with Crippen LogP contribution in [0.5, 0.6) is 0 Å². The number of carboxylic acids is 1.